The Labute approximate surface area is 107 Å². The van der Waals surface area contributed by atoms with Crippen molar-refractivity contribution in [3.63, 3.8) is 0 Å². The number of aromatic nitrogens is 3. The second-order valence-corrected chi connectivity index (χ2v) is 4.85. The molecule has 7 heteroatoms. The molecule has 1 heterocycles. The van der Waals surface area contributed by atoms with Gasteiger partial charge in [-0.25, -0.2) is 0 Å². The van der Waals surface area contributed by atoms with Crippen LogP contribution < -0.4 is 15.4 Å². The van der Waals surface area contributed by atoms with Gasteiger partial charge in [0.2, 0.25) is 11.9 Å². The van der Waals surface area contributed by atoms with Gasteiger partial charge in [0.15, 0.2) is 0 Å². The minimum absolute atomic E-state index is 0.0178. The zero-order chi connectivity index (χ0) is 13.8. The first-order valence-corrected chi connectivity index (χ1v) is 5.86. The Morgan fingerprint density at radius 3 is 2.33 bits per heavy atom. The van der Waals surface area contributed by atoms with E-state index in [1.807, 2.05) is 27.7 Å². The summed E-state index contributed by atoms with van der Waals surface area (Å²) in [6, 6.07) is 0.251. The van der Waals surface area contributed by atoms with E-state index in [0.717, 1.165) is 0 Å². The van der Waals surface area contributed by atoms with Gasteiger partial charge in [-0.2, -0.15) is 15.0 Å². The van der Waals surface area contributed by atoms with E-state index in [1.165, 1.54) is 0 Å². The third-order valence-electron chi connectivity index (χ3n) is 2.03. The maximum atomic E-state index is 9.22. The summed E-state index contributed by atoms with van der Waals surface area (Å²) in [6.07, 6.45) is -0.0178. The second kappa shape index (κ2) is 5.81. The van der Waals surface area contributed by atoms with Crippen molar-refractivity contribution in [3.8, 4) is 6.01 Å². The van der Waals surface area contributed by atoms with Crippen molar-refractivity contribution in [2.45, 2.75) is 39.3 Å². The molecule has 0 fully saturated rings. The summed E-state index contributed by atoms with van der Waals surface area (Å²) >= 11 is 0. The summed E-state index contributed by atoms with van der Waals surface area (Å²) in [5.41, 5.74) is -0.512. The maximum Gasteiger partial charge on any atom is 0.323 e. The van der Waals surface area contributed by atoms with Gasteiger partial charge >= 0.3 is 6.01 Å². The lowest BCUT2D eigenvalue weighted by Crippen LogP contribution is -2.35. The lowest BCUT2D eigenvalue weighted by molar-refractivity contribution is 0.220. The van der Waals surface area contributed by atoms with Crippen LogP contribution >= 0.6 is 0 Å². The molecule has 0 atom stereocenters. The molecule has 0 amide bonds. The molecule has 1 rings (SSSR count). The Morgan fingerprint density at radius 1 is 1.22 bits per heavy atom. The predicted molar refractivity (Wildman–Crippen MR) is 69.9 cm³/mol. The fourth-order valence-corrected chi connectivity index (χ4v) is 1.13. The van der Waals surface area contributed by atoms with Crippen LogP contribution in [0.15, 0.2) is 0 Å². The molecule has 3 N–H and O–H groups in total. The van der Waals surface area contributed by atoms with Crippen LogP contribution in [0.4, 0.5) is 11.9 Å². The average molecular weight is 255 g/mol. The van der Waals surface area contributed by atoms with E-state index in [1.54, 1.807) is 7.05 Å². The molecule has 0 spiro atoms. The summed E-state index contributed by atoms with van der Waals surface area (Å²) in [7, 11) is 1.72. The number of ether oxygens (including phenoxy) is 1. The van der Waals surface area contributed by atoms with Gasteiger partial charge in [0.05, 0.1) is 18.2 Å². The Morgan fingerprint density at radius 2 is 1.83 bits per heavy atom. The molecule has 102 valence electrons. The SMILES string of the molecule is CNc1nc(NC(C)(C)CO)nc(OC(C)C)n1. The Kier molecular flexibility index (Phi) is 4.66. The first-order valence-electron chi connectivity index (χ1n) is 5.86. The van der Waals surface area contributed by atoms with E-state index >= 15 is 0 Å². The maximum absolute atomic E-state index is 9.22. The number of hydrogen-bond donors (Lipinski definition) is 3. The van der Waals surface area contributed by atoms with E-state index in [-0.39, 0.29) is 18.7 Å². The highest BCUT2D eigenvalue weighted by Crippen LogP contribution is 2.15. The number of nitrogens with zero attached hydrogens (tertiary/aromatic N) is 3. The van der Waals surface area contributed by atoms with Crippen molar-refractivity contribution >= 4 is 11.9 Å². The zero-order valence-electron chi connectivity index (χ0n) is 11.5. The first-order chi connectivity index (χ1) is 8.36. The molecule has 0 bridgehead atoms. The van der Waals surface area contributed by atoms with Crippen LogP contribution in [0.2, 0.25) is 0 Å². The van der Waals surface area contributed by atoms with Crippen molar-refractivity contribution in [1.29, 1.82) is 0 Å². The summed E-state index contributed by atoms with van der Waals surface area (Å²) < 4.78 is 5.44. The fraction of sp³-hybridized carbons (Fsp3) is 0.727. The molecule has 0 saturated heterocycles. The number of rotatable bonds is 6. The second-order valence-electron chi connectivity index (χ2n) is 4.85. The van der Waals surface area contributed by atoms with E-state index in [2.05, 4.69) is 25.6 Å². The third-order valence-corrected chi connectivity index (χ3v) is 2.03. The lowest BCUT2D eigenvalue weighted by Gasteiger charge is -2.23. The van der Waals surface area contributed by atoms with Gasteiger partial charge in [0.1, 0.15) is 0 Å². The average Bonchev–Trinajstić information content (AvgIpc) is 2.27. The molecule has 0 aliphatic rings. The number of aliphatic hydroxyl groups excluding tert-OH is 1. The molecule has 0 aliphatic heterocycles. The molecule has 0 radical (unpaired) electrons. The molecule has 1 aromatic heterocycles. The van der Waals surface area contributed by atoms with E-state index in [4.69, 9.17) is 4.74 Å². The number of aliphatic hydroxyl groups is 1. The minimum Gasteiger partial charge on any atom is -0.461 e. The van der Waals surface area contributed by atoms with Gasteiger partial charge < -0.3 is 20.5 Å². The highest BCUT2D eigenvalue weighted by atomic mass is 16.5. The van der Waals surface area contributed by atoms with Crippen molar-refractivity contribution in [1.82, 2.24) is 15.0 Å². The summed E-state index contributed by atoms with van der Waals surface area (Å²) in [5.74, 6) is 0.779. The van der Waals surface area contributed by atoms with Crippen LogP contribution in [-0.4, -0.2) is 45.4 Å². The van der Waals surface area contributed by atoms with Crippen LogP contribution in [0.25, 0.3) is 0 Å². The Bertz CT molecular complexity index is 395. The number of nitrogens with one attached hydrogen (secondary N) is 2. The minimum atomic E-state index is -0.512. The van der Waals surface area contributed by atoms with E-state index in [0.29, 0.717) is 11.9 Å². The third kappa shape index (κ3) is 4.33. The number of hydrogen-bond acceptors (Lipinski definition) is 7. The van der Waals surface area contributed by atoms with Gasteiger partial charge in [-0.05, 0) is 27.7 Å². The lowest BCUT2D eigenvalue weighted by atomic mass is 10.1. The summed E-state index contributed by atoms with van der Waals surface area (Å²) in [6.45, 7) is 7.45. The predicted octanol–water partition coefficient (Wildman–Crippen LogP) is 0.883. The largest absolute Gasteiger partial charge is 0.461 e. The molecule has 0 unspecified atom stereocenters. The van der Waals surface area contributed by atoms with Crippen LogP contribution in [0.1, 0.15) is 27.7 Å². The van der Waals surface area contributed by atoms with Gasteiger partial charge in [-0.15, -0.1) is 0 Å². The van der Waals surface area contributed by atoms with Crippen LogP contribution in [-0.2, 0) is 0 Å². The van der Waals surface area contributed by atoms with E-state index in [9.17, 15) is 5.11 Å². The topological polar surface area (TPSA) is 92.2 Å². The fourth-order valence-electron chi connectivity index (χ4n) is 1.13. The molecule has 1 aromatic rings. The standard InChI is InChI=1S/C11H21N5O2/c1-7(2)18-10-14-8(12-5)13-9(15-10)16-11(3,4)6-17/h7,17H,6H2,1-5H3,(H2,12,13,14,15,16). The Hall–Kier alpha value is -1.63. The first kappa shape index (κ1) is 14.4. The van der Waals surface area contributed by atoms with E-state index < -0.39 is 5.54 Å². The quantitative estimate of drug-likeness (QED) is 0.695. The van der Waals surface area contributed by atoms with Gasteiger partial charge in [-0.1, -0.05) is 0 Å². The van der Waals surface area contributed by atoms with Gasteiger partial charge in [-0.3, -0.25) is 0 Å². The Balaban J connectivity index is 2.97. The summed E-state index contributed by atoms with van der Waals surface area (Å²) in [4.78, 5) is 12.4. The van der Waals surface area contributed by atoms with Crippen molar-refractivity contribution in [2.24, 2.45) is 0 Å². The highest BCUT2D eigenvalue weighted by Gasteiger charge is 2.18. The molecule has 7 nitrogen and oxygen atoms in total. The zero-order valence-corrected chi connectivity index (χ0v) is 11.5. The molecule has 0 saturated carbocycles. The highest BCUT2D eigenvalue weighted by molar-refractivity contribution is 5.37. The van der Waals surface area contributed by atoms with Crippen molar-refractivity contribution < 1.29 is 9.84 Å². The van der Waals surface area contributed by atoms with Crippen molar-refractivity contribution in [3.05, 3.63) is 0 Å². The molecular weight excluding hydrogens is 234 g/mol. The monoisotopic (exact) mass is 255 g/mol. The van der Waals surface area contributed by atoms with Crippen molar-refractivity contribution in [2.75, 3.05) is 24.3 Å². The van der Waals surface area contributed by atoms with Crippen LogP contribution in [0.5, 0.6) is 6.01 Å². The van der Waals surface area contributed by atoms with Crippen LogP contribution in [0, 0.1) is 0 Å². The molecular formula is C11H21N5O2. The summed E-state index contributed by atoms with van der Waals surface area (Å²) in [5, 5.41) is 15.1. The van der Waals surface area contributed by atoms with Gasteiger partial charge in [0.25, 0.3) is 0 Å². The smallest absolute Gasteiger partial charge is 0.323 e. The normalized spacial score (nSPS) is 11.5. The number of anilines is 2. The molecule has 18 heavy (non-hydrogen) atoms. The molecule has 0 aliphatic carbocycles. The van der Waals surface area contributed by atoms with Crippen LogP contribution in [0.3, 0.4) is 0 Å². The molecule has 0 aromatic carbocycles. The van der Waals surface area contributed by atoms with Gasteiger partial charge in [0, 0.05) is 7.05 Å².